The summed E-state index contributed by atoms with van der Waals surface area (Å²) in [6, 6.07) is 0. The fraction of sp³-hybridized carbons (Fsp3) is 0.333. The number of carbonyl (C=O) groups is 1. The van der Waals surface area contributed by atoms with Crippen LogP contribution in [0.1, 0.15) is 19.8 Å². The van der Waals surface area contributed by atoms with Crippen molar-refractivity contribution in [3.05, 3.63) is 46.6 Å². The molecular weight excluding hydrogens is 256 g/mol. The van der Waals surface area contributed by atoms with E-state index in [1.165, 1.54) is 0 Å². The number of hydrogen-bond acceptors (Lipinski definition) is 3. The molecule has 0 fully saturated rings. The second-order valence-electron chi connectivity index (χ2n) is 4.77. The van der Waals surface area contributed by atoms with Crippen LogP contribution in [0.5, 0.6) is 0 Å². The third kappa shape index (κ3) is 1.91. The molecule has 3 aliphatic rings. The van der Waals surface area contributed by atoms with Crippen molar-refractivity contribution < 1.29 is 4.79 Å². The molecule has 98 valence electrons. The summed E-state index contributed by atoms with van der Waals surface area (Å²) in [5, 5.41) is 4.94. The van der Waals surface area contributed by atoms with Crippen LogP contribution in [0.4, 0.5) is 0 Å². The summed E-state index contributed by atoms with van der Waals surface area (Å²) >= 11 is 1.70. The van der Waals surface area contributed by atoms with Gasteiger partial charge in [-0.25, -0.2) is 0 Å². The first-order chi connectivity index (χ1) is 9.28. The Bertz CT molecular complexity index is 569. The molecule has 1 aliphatic carbocycles. The SMILES string of the molecule is CCCNC(=O)C1=CSC23CC=CC=C2N=CC=C13. The number of aliphatic imine (C=N–C) groups is 1. The molecule has 0 bridgehead atoms. The van der Waals surface area contributed by atoms with Crippen molar-refractivity contribution in [3.63, 3.8) is 0 Å². The smallest absolute Gasteiger partial charge is 0.252 e. The highest BCUT2D eigenvalue weighted by molar-refractivity contribution is 8.04. The van der Waals surface area contributed by atoms with E-state index in [2.05, 4.69) is 23.3 Å². The Labute approximate surface area is 117 Å². The van der Waals surface area contributed by atoms with E-state index < -0.39 is 0 Å². The maximum absolute atomic E-state index is 12.2. The first kappa shape index (κ1) is 12.5. The van der Waals surface area contributed by atoms with Gasteiger partial charge in [0.2, 0.25) is 0 Å². The predicted octanol–water partition coefficient (Wildman–Crippen LogP) is 2.74. The Kier molecular flexibility index (Phi) is 3.19. The molecule has 1 unspecified atom stereocenters. The minimum absolute atomic E-state index is 0.0293. The van der Waals surface area contributed by atoms with E-state index in [9.17, 15) is 4.79 Å². The van der Waals surface area contributed by atoms with E-state index >= 15 is 0 Å². The Morgan fingerprint density at radius 2 is 2.42 bits per heavy atom. The van der Waals surface area contributed by atoms with Crippen molar-refractivity contribution >= 4 is 23.9 Å². The molecule has 1 amide bonds. The number of hydrogen-bond donors (Lipinski definition) is 1. The van der Waals surface area contributed by atoms with Gasteiger partial charge in [0.05, 0.1) is 16.0 Å². The van der Waals surface area contributed by atoms with Gasteiger partial charge in [-0.1, -0.05) is 19.1 Å². The molecule has 3 rings (SSSR count). The fourth-order valence-corrected chi connectivity index (χ4v) is 3.86. The van der Waals surface area contributed by atoms with Crippen molar-refractivity contribution in [2.45, 2.75) is 24.5 Å². The molecule has 1 atom stereocenters. The van der Waals surface area contributed by atoms with Crippen LogP contribution in [0.2, 0.25) is 0 Å². The predicted molar refractivity (Wildman–Crippen MR) is 80.1 cm³/mol. The van der Waals surface area contributed by atoms with E-state index in [1.54, 1.807) is 18.0 Å². The van der Waals surface area contributed by atoms with Crippen molar-refractivity contribution in [1.82, 2.24) is 5.32 Å². The van der Waals surface area contributed by atoms with Gasteiger partial charge < -0.3 is 5.32 Å². The van der Waals surface area contributed by atoms with Crippen LogP contribution >= 0.6 is 11.8 Å². The number of allylic oxidation sites excluding steroid dienone is 4. The van der Waals surface area contributed by atoms with Crippen LogP contribution in [0, 0.1) is 0 Å². The van der Waals surface area contributed by atoms with Crippen molar-refractivity contribution in [2.24, 2.45) is 4.99 Å². The Morgan fingerprint density at radius 1 is 1.53 bits per heavy atom. The average molecular weight is 272 g/mol. The van der Waals surface area contributed by atoms with Crippen LogP contribution in [0.15, 0.2) is 51.5 Å². The van der Waals surface area contributed by atoms with Gasteiger partial charge in [-0.15, -0.1) is 11.8 Å². The maximum atomic E-state index is 12.2. The minimum atomic E-state index is -0.164. The third-order valence-electron chi connectivity index (χ3n) is 3.55. The first-order valence-electron chi connectivity index (χ1n) is 6.56. The van der Waals surface area contributed by atoms with Crippen LogP contribution in [-0.2, 0) is 4.79 Å². The molecule has 2 heterocycles. The van der Waals surface area contributed by atoms with Gasteiger partial charge >= 0.3 is 0 Å². The molecule has 2 aliphatic heterocycles. The van der Waals surface area contributed by atoms with Gasteiger partial charge in [0.1, 0.15) is 0 Å². The number of rotatable bonds is 3. The fourth-order valence-electron chi connectivity index (χ4n) is 2.57. The summed E-state index contributed by atoms with van der Waals surface area (Å²) in [7, 11) is 0. The van der Waals surface area contributed by atoms with Gasteiger partial charge in [0.15, 0.2) is 0 Å². The number of nitrogens with one attached hydrogen (secondary N) is 1. The quantitative estimate of drug-likeness (QED) is 0.858. The molecule has 1 N–H and O–H groups in total. The zero-order valence-electron chi connectivity index (χ0n) is 10.8. The van der Waals surface area contributed by atoms with E-state index in [0.717, 1.165) is 36.2 Å². The zero-order valence-corrected chi connectivity index (χ0v) is 11.7. The number of thioether (sulfide) groups is 1. The minimum Gasteiger partial charge on any atom is -0.352 e. The van der Waals surface area contributed by atoms with Crippen LogP contribution < -0.4 is 5.32 Å². The molecule has 1 spiro atoms. The first-order valence-corrected chi connectivity index (χ1v) is 7.44. The average Bonchev–Trinajstić information content (AvgIpc) is 2.82. The lowest BCUT2D eigenvalue weighted by Gasteiger charge is -2.33. The van der Waals surface area contributed by atoms with Gasteiger partial charge in [0.25, 0.3) is 5.91 Å². The largest absolute Gasteiger partial charge is 0.352 e. The van der Waals surface area contributed by atoms with Crippen LogP contribution in [0.25, 0.3) is 0 Å². The topological polar surface area (TPSA) is 41.5 Å². The normalized spacial score (nSPS) is 27.1. The molecule has 3 nitrogen and oxygen atoms in total. The highest BCUT2D eigenvalue weighted by Crippen LogP contribution is 2.54. The molecule has 0 aromatic heterocycles. The molecule has 0 aromatic carbocycles. The summed E-state index contributed by atoms with van der Waals surface area (Å²) < 4.78 is -0.164. The number of carbonyl (C=O) groups excluding carboxylic acids is 1. The highest BCUT2D eigenvalue weighted by atomic mass is 32.2. The second-order valence-corrected chi connectivity index (χ2v) is 5.94. The Hall–Kier alpha value is -1.55. The maximum Gasteiger partial charge on any atom is 0.252 e. The second kappa shape index (κ2) is 4.85. The monoisotopic (exact) mass is 272 g/mol. The molecule has 0 radical (unpaired) electrons. The lowest BCUT2D eigenvalue weighted by atomic mass is 9.83. The number of amides is 1. The molecule has 0 saturated carbocycles. The zero-order chi connectivity index (χ0) is 13.3. The summed E-state index contributed by atoms with van der Waals surface area (Å²) in [6.45, 7) is 2.77. The lowest BCUT2D eigenvalue weighted by molar-refractivity contribution is -0.117. The standard InChI is InChI=1S/C15H16N2OS/c1-2-8-17-14(18)11-10-19-15-7-4-3-5-13(15)16-9-6-12(11)15/h3-6,9-10H,2,7-8H2,1H3,(H,17,18). The Morgan fingerprint density at radius 3 is 3.26 bits per heavy atom. The lowest BCUT2D eigenvalue weighted by Crippen LogP contribution is -2.33. The van der Waals surface area contributed by atoms with E-state index in [0.29, 0.717) is 0 Å². The number of dihydropyridines is 1. The van der Waals surface area contributed by atoms with Crippen LogP contribution in [0.3, 0.4) is 0 Å². The van der Waals surface area contributed by atoms with Crippen LogP contribution in [-0.4, -0.2) is 23.4 Å². The summed E-state index contributed by atoms with van der Waals surface area (Å²) in [5.41, 5.74) is 2.94. The number of nitrogens with zero attached hydrogens (tertiary/aromatic N) is 1. The van der Waals surface area contributed by atoms with Crippen molar-refractivity contribution in [2.75, 3.05) is 6.54 Å². The highest BCUT2D eigenvalue weighted by Gasteiger charge is 2.46. The van der Waals surface area contributed by atoms with Gasteiger partial charge in [-0.2, -0.15) is 0 Å². The molecule has 19 heavy (non-hydrogen) atoms. The van der Waals surface area contributed by atoms with Crippen molar-refractivity contribution in [1.29, 1.82) is 0 Å². The van der Waals surface area contributed by atoms with Crippen molar-refractivity contribution in [3.8, 4) is 0 Å². The van der Waals surface area contributed by atoms with Gasteiger partial charge in [-0.05, 0) is 36.0 Å². The Balaban J connectivity index is 1.90. The summed E-state index contributed by atoms with van der Waals surface area (Å²) in [5.74, 6) is 0.0293. The third-order valence-corrected chi connectivity index (χ3v) is 4.90. The van der Waals surface area contributed by atoms with Gasteiger partial charge in [0, 0.05) is 12.8 Å². The summed E-state index contributed by atoms with van der Waals surface area (Å²) in [4.78, 5) is 16.7. The molecule has 0 saturated heterocycles. The van der Waals surface area contributed by atoms with E-state index in [-0.39, 0.29) is 10.7 Å². The van der Waals surface area contributed by atoms with Gasteiger partial charge in [-0.3, -0.25) is 9.79 Å². The molecule has 4 heteroatoms. The molecule has 0 aromatic rings. The molecular formula is C15H16N2OS. The van der Waals surface area contributed by atoms with E-state index in [4.69, 9.17) is 0 Å². The van der Waals surface area contributed by atoms with E-state index in [1.807, 2.05) is 23.6 Å². The summed E-state index contributed by atoms with van der Waals surface area (Å²) in [6.07, 6.45) is 11.8.